The van der Waals surface area contributed by atoms with Crippen LogP contribution in [0.25, 0.3) is 5.69 Å². The zero-order valence-corrected chi connectivity index (χ0v) is 13.2. The normalized spacial score (nSPS) is 10.4. The number of hydrogen-bond donors (Lipinski definition) is 1. The van der Waals surface area contributed by atoms with E-state index in [1.807, 2.05) is 25.1 Å². The minimum absolute atomic E-state index is 0.213. The van der Waals surface area contributed by atoms with Crippen molar-refractivity contribution in [2.75, 3.05) is 6.61 Å². The fraction of sp³-hybridized carbons (Fsp3) is 0.176. The highest BCUT2D eigenvalue weighted by molar-refractivity contribution is 5.96. The Morgan fingerprint density at radius 2 is 2.12 bits per heavy atom. The lowest BCUT2D eigenvalue weighted by Gasteiger charge is -2.09. The summed E-state index contributed by atoms with van der Waals surface area (Å²) in [5, 5.41) is 10.9. The molecule has 0 unspecified atom stereocenters. The maximum Gasteiger partial charge on any atom is 0.255 e. The molecule has 1 N–H and O–H groups in total. The van der Waals surface area contributed by atoms with Gasteiger partial charge < -0.3 is 10.1 Å². The van der Waals surface area contributed by atoms with Crippen LogP contribution >= 0.6 is 0 Å². The summed E-state index contributed by atoms with van der Waals surface area (Å²) < 4.78 is 7.09. The molecule has 0 aliphatic carbocycles. The Bertz CT molecular complexity index is 817. The van der Waals surface area contributed by atoms with E-state index >= 15 is 0 Å². The van der Waals surface area contributed by atoms with Gasteiger partial charge in [-0.2, -0.15) is 0 Å². The highest BCUT2D eigenvalue weighted by Crippen LogP contribution is 2.17. The van der Waals surface area contributed by atoms with Gasteiger partial charge in [0.25, 0.3) is 5.91 Å². The molecule has 0 saturated carbocycles. The van der Waals surface area contributed by atoms with Crippen LogP contribution in [0.1, 0.15) is 23.0 Å². The number of rotatable bonds is 6. The second-order valence-corrected chi connectivity index (χ2v) is 4.98. The van der Waals surface area contributed by atoms with Crippen molar-refractivity contribution < 1.29 is 9.53 Å². The molecule has 3 rings (SSSR count). The molecule has 0 spiro atoms. The number of hydrogen-bond acceptors (Lipinski definition) is 5. The molecule has 1 amide bonds. The summed E-state index contributed by atoms with van der Waals surface area (Å²) in [6, 6.07) is 10.8. The largest absolute Gasteiger partial charge is 0.493 e. The Morgan fingerprint density at radius 1 is 1.25 bits per heavy atom. The molecule has 122 valence electrons. The lowest BCUT2D eigenvalue weighted by Crippen LogP contribution is -2.23. The topological polar surface area (TPSA) is 81.9 Å². The van der Waals surface area contributed by atoms with Crippen LogP contribution in [0.4, 0.5) is 0 Å². The predicted molar refractivity (Wildman–Crippen MR) is 87.9 cm³/mol. The van der Waals surface area contributed by atoms with Crippen LogP contribution in [0, 0.1) is 0 Å². The van der Waals surface area contributed by atoms with Gasteiger partial charge in [0.2, 0.25) is 0 Å². The van der Waals surface area contributed by atoms with Gasteiger partial charge in [0.1, 0.15) is 11.4 Å². The van der Waals surface area contributed by atoms with E-state index in [1.165, 1.54) is 0 Å². The first kappa shape index (κ1) is 15.7. The predicted octanol–water partition coefficient (Wildman–Crippen LogP) is 1.99. The number of carbonyl (C=O) groups excluding carboxylic acids is 1. The van der Waals surface area contributed by atoms with Crippen LogP contribution < -0.4 is 10.1 Å². The summed E-state index contributed by atoms with van der Waals surface area (Å²) in [5.41, 5.74) is 1.96. The van der Waals surface area contributed by atoms with E-state index in [9.17, 15) is 4.79 Å². The van der Waals surface area contributed by atoms with Gasteiger partial charge in [-0.25, -0.2) is 4.68 Å². The lowest BCUT2D eigenvalue weighted by atomic mass is 10.2. The standard InChI is InChI=1S/C17H17N5O2/c1-2-24-16-8-4-3-7-15(16)17(23)19-10-13-12-22(21-20-13)14-6-5-9-18-11-14/h3-9,11-12H,2,10H2,1H3,(H,19,23). The first-order valence-corrected chi connectivity index (χ1v) is 7.59. The molecule has 0 bridgehead atoms. The average molecular weight is 323 g/mol. The van der Waals surface area contributed by atoms with Crippen LogP contribution in [0.2, 0.25) is 0 Å². The molecule has 0 fully saturated rings. The summed E-state index contributed by atoms with van der Waals surface area (Å²) in [6.45, 7) is 2.66. The van der Waals surface area contributed by atoms with Crippen molar-refractivity contribution in [3.8, 4) is 11.4 Å². The van der Waals surface area contributed by atoms with E-state index in [2.05, 4.69) is 20.6 Å². The fourth-order valence-electron chi connectivity index (χ4n) is 2.20. The molecule has 2 heterocycles. The van der Waals surface area contributed by atoms with E-state index in [4.69, 9.17) is 4.74 Å². The number of nitrogens with zero attached hydrogens (tertiary/aromatic N) is 4. The Hall–Kier alpha value is -3.22. The Morgan fingerprint density at radius 3 is 2.92 bits per heavy atom. The zero-order chi connectivity index (χ0) is 16.8. The Balaban J connectivity index is 1.66. The number of ether oxygens (including phenoxy) is 1. The smallest absolute Gasteiger partial charge is 0.255 e. The summed E-state index contributed by atoms with van der Waals surface area (Å²) in [6.07, 6.45) is 5.14. The second-order valence-electron chi connectivity index (χ2n) is 4.98. The van der Waals surface area contributed by atoms with Crippen LogP contribution in [0.5, 0.6) is 5.75 Å². The molecule has 2 aromatic heterocycles. The highest BCUT2D eigenvalue weighted by Gasteiger charge is 2.12. The molecule has 1 aromatic carbocycles. The SMILES string of the molecule is CCOc1ccccc1C(=O)NCc1cn(-c2cccnc2)nn1. The van der Waals surface area contributed by atoms with Gasteiger partial charge in [0, 0.05) is 6.20 Å². The molecule has 24 heavy (non-hydrogen) atoms. The summed E-state index contributed by atoms with van der Waals surface area (Å²) in [7, 11) is 0. The van der Waals surface area contributed by atoms with Gasteiger partial charge in [0.15, 0.2) is 0 Å². The van der Waals surface area contributed by atoms with Gasteiger partial charge in [0.05, 0.1) is 36.8 Å². The molecular weight excluding hydrogens is 306 g/mol. The third kappa shape index (κ3) is 3.57. The molecule has 0 aliphatic heterocycles. The first-order valence-electron chi connectivity index (χ1n) is 7.59. The van der Waals surface area contributed by atoms with Crippen molar-refractivity contribution >= 4 is 5.91 Å². The number of aromatic nitrogens is 4. The molecule has 0 aliphatic rings. The lowest BCUT2D eigenvalue weighted by molar-refractivity contribution is 0.0946. The summed E-state index contributed by atoms with van der Waals surface area (Å²) in [4.78, 5) is 16.4. The number of benzene rings is 1. The highest BCUT2D eigenvalue weighted by atomic mass is 16.5. The maximum atomic E-state index is 12.3. The van der Waals surface area contributed by atoms with Crippen molar-refractivity contribution in [1.82, 2.24) is 25.3 Å². The first-order chi connectivity index (χ1) is 11.8. The van der Waals surface area contributed by atoms with Crippen molar-refractivity contribution in [3.05, 3.63) is 66.2 Å². The van der Waals surface area contributed by atoms with E-state index in [1.54, 1.807) is 41.5 Å². The Kier molecular flexibility index (Phi) is 4.81. The minimum atomic E-state index is -0.213. The Labute approximate surface area is 139 Å². The van der Waals surface area contributed by atoms with Crippen LogP contribution in [0.15, 0.2) is 55.0 Å². The summed E-state index contributed by atoms with van der Waals surface area (Å²) in [5.74, 6) is 0.353. The third-order valence-corrected chi connectivity index (χ3v) is 3.31. The van der Waals surface area contributed by atoms with E-state index in [-0.39, 0.29) is 12.5 Å². The van der Waals surface area contributed by atoms with Crippen molar-refractivity contribution in [1.29, 1.82) is 0 Å². The average Bonchev–Trinajstić information content (AvgIpc) is 3.10. The van der Waals surface area contributed by atoms with Crippen molar-refractivity contribution in [2.24, 2.45) is 0 Å². The number of carbonyl (C=O) groups is 1. The van der Waals surface area contributed by atoms with Crippen molar-refractivity contribution in [2.45, 2.75) is 13.5 Å². The molecular formula is C17H17N5O2. The van der Waals surface area contributed by atoms with Gasteiger partial charge >= 0.3 is 0 Å². The zero-order valence-electron chi connectivity index (χ0n) is 13.2. The second kappa shape index (κ2) is 7.36. The number of nitrogens with one attached hydrogen (secondary N) is 1. The molecule has 7 heteroatoms. The molecule has 7 nitrogen and oxygen atoms in total. The number of para-hydroxylation sites is 1. The molecule has 0 saturated heterocycles. The van der Waals surface area contributed by atoms with E-state index in [0.717, 1.165) is 5.69 Å². The number of amides is 1. The molecule has 0 radical (unpaired) electrons. The molecule has 3 aromatic rings. The fourth-order valence-corrected chi connectivity index (χ4v) is 2.20. The molecule has 0 atom stereocenters. The van der Waals surface area contributed by atoms with Crippen LogP contribution in [0.3, 0.4) is 0 Å². The number of pyridine rings is 1. The van der Waals surface area contributed by atoms with Crippen LogP contribution in [-0.2, 0) is 6.54 Å². The van der Waals surface area contributed by atoms with Crippen molar-refractivity contribution in [3.63, 3.8) is 0 Å². The van der Waals surface area contributed by atoms with Gasteiger partial charge in [-0.3, -0.25) is 9.78 Å². The van der Waals surface area contributed by atoms with Crippen LogP contribution in [-0.4, -0.2) is 32.5 Å². The van der Waals surface area contributed by atoms with Gasteiger partial charge in [-0.05, 0) is 31.2 Å². The van der Waals surface area contributed by atoms with E-state index < -0.39 is 0 Å². The van der Waals surface area contributed by atoms with E-state index in [0.29, 0.717) is 23.6 Å². The van der Waals surface area contributed by atoms with Gasteiger partial charge in [-0.15, -0.1) is 5.10 Å². The summed E-state index contributed by atoms with van der Waals surface area (Å²) >= 11 is 0. The maximum absolute atomic E-state index is 12.3. The van der Waals surface area contributed by atoms with Gasteiger partial charge in [-0.1, -0.05) is 17.3 Å². The third-order valence-electron chi connectivity index (χ3n) is 3.31. The minimum Gasteiger partial charge on any atom is -0.493 e. The quantitative estimate of drug-likeness (QED) is 0.750. The monoisotopic (exact) mass is 323 g/mol.